The molecule has 1 aromatic rings. The molecule has 2 nitrogen and oxygen atoms in total. The van der Waals surface area contributed by atoms with E-state index in [1.165, 1.54) is 0 Å². The summed E-state index contributed by atoms with van der Waals surface area (Å²) in [6.07, 6.45) is 0. The second-order valence-electron chi connectivity index (χ2n) is 3.88. The average molecular weight is 258 g/mol. The molecule has 0 amide bonds. The number of aromatic hydroxyl groups is 1. The van der Waals surface area contributed by atoms with Gasteiger partial charge in [-0.15, -0.1) is 0 Å². The van der Waals surface area contributed by atoms with E-state index in [1.54, 1.807) is 0 Å². The third-order valence-corrected chi connectivity index (χ3v) is 2.70. The summed E-state index contributed by atoms with van der Waals surface area (Å²) in [7, 11) is 0. The summed E-state index contributed by atoms with van der Waals surface area (Å²) in [4.78, 5) is 0. The van der Waals surface area contributed by atoms with Crippen molar-refractivity contribution in [2.45, 2.75) is 32.7 Å². The molecule has 0 aliphatic rings. The molecule has 0 saturated carbocycles. The van der Waals surface area contributed by atoms with Crippen LogP contribution in [0, 0.1) is 0 Å². The van der Waals surface area contributed by atoms with Crippen molar-refractivity contribution in [2.24, 2.45) is 5.73 Å². The summed E-state index contributed by atoms with van der Waals surface area (Å²) in [5.41, 5.74) is 7.50. The summed E-state index contributed by atoms with van der Waals surface area (Å²) in [5.74, 6) is 0.628. The van der Waals surface area contributed by atoms with Crippen LogP contribution in [0.4, 0.5) is 0 Å². The molecular formula is C11H16BrNO. The number of rotatable bonds is 2. The first kappa shape index (κ1) is 11.5. The zero-order valence-corrected chi connectivity index (χ0v) is 10.3. The van der Waals surface area contributed by atoms with E-state index in [-0.39, 0.29) is 6.04 Å². The van der Waals surface area contributed by atoms with E-state index in [0.29, 0.717) is 11.7 Å². The van der Waals surface area contributed by atoms with Crippen LogP contribution in [0.5, 0.6) is 5.75 Å². The van der Waals surface area contributed by atoms with Crippen molar-refractivity contribution in [3.63, 3.8) is 0 Å². The van der Waals surface area contributed by atoms with Crippen molar-refractivity contribution in [2.75, 3.05) is 0 Å². The molecule has 0 bridgehead atoms. The Morgan fingerprint density at radius 3 is 2.14 bits per heavy atom. The van der Waals surface area contributed by atoms with Crippen molar-refractivity contribution in [3.05, 3.63) is 27.7 Å². The van der Waals surface area contributed by atoms with E-state index in [1.807, 2.05) is 32.9 Å². The normalized spacial score (nSPS) is 13.3. The first-order chi connectivity index (χ1) is 6.43. The quantitative estimate of drug-likeness (QED) is 0.854. The first-order valence-electron chi connectivity index (χ1n) is 4.71. The van der Waals surface area contributed by atoms with Crippen LogP contribution in [0.1, 0.15) is 43.9 Å². The molecule has 0 radical (unpaired) electrons. The minimum Gasteiger partial charge on any atom is -0.507 e. The monoisotopic (exact) mass is 257 g/mol. The fourth-order valence-electron chi connectivity index (χ4n) is 1.43. The SMILES string of the molecule is CC(C)c1cc(Br)cc(C(C)N)c1O. The highest BCUT2D eigenvalue weighted by atomic mass is 79.9. The second-order valence-corrected chi connectivity index (χ2v) is 4.79. The van der Waals surface area contributed by atoms with Crippen molar-refractivity contribution >= 4 is 15.9 Å². The second kappa shape index (κ2) is 4.32. The van der Waals surface area contributed by atoms with Gasteiger partial charge in [-0.1, -0.05) is 29.8 Å². The Labute approximate surface area is 93.3 Å². The third-order valence-electron chi connectivity index (χ3n) is 2.25. The smallest absolute Gasteiger partial charge is 0.123 e. The number of halogens is 1. The molecule has 1 atom stereocenters. The van der Waals surface area contributed by atoms with Gasteiger partial charge >= 0.3 is 0 Å². The van der Waals surface area contributed by atoms with E-state index < -0.39 is 0 Å². The molecule has 0 spiro atoms. The van der Waals surface area contributed by atoms with E-state index in [2.05, 4.69) is 15.9 Å². The van der Waals surface area contributed by atoms with E-state index in [0.717, 1.165) is 15.6 Å². The minimum absolute atomic E-state index is 0.148. The summed E-state index contributed by atoms with van der Waals surface area (Å²) in [5, 5.41) is 9.95. The summed E-state index contributed by atoms with van der Waals surface area (Å²) < 4.78 is 0.964. The first-order valence-corrected chi connectivity index (χ1v) is 5.50. The van der Waals surface area contributed by atoms with Gasteiger partial charge in [-0.05, 0) is 30.5 Å². The van der Waals surface area contributed by atoms with Crippen LogP contribution in [0.3, 0.4) is 0 Å². The Bertz CT molecular complexity index is 305. The Balaban J connectivity index is 3.32. The molecule has 0 saturated heterocycles. The fraction of sp³-hybridized carbons (Fsp3) is 0.455. The van der Waals surface area contributed by atoms with Crippen LogP contribution in [0.15, 0.2) is 16.6 Å². The van der Waals surface area contributed by atoms with Gasteiger partial charge in [-0.3, -0.25) is 0 Å². The number of benzene rings is 1. The Morgan fingerprint density at radius 2 is 1.71 bits per heavy atom. The van der Waals surface area contributed by atoms with Gasteiger partial charge in [-0.2, -0.15) is 0 Å². The summed E-state index contributed by atoms with van der Waals surface area (Å²) in [6, 6.07) is 3.66. The fourth-order valence-corrected chi connectivity index (χ4v) is 1.92. The Hall–Kier alpha value is -0.540. The van der Waals surface area contributed by atoms with Crippen LogP contribution >= 0.6 is 15.9 Å². The molecule has 0 fully saturated rings. The van der Waals surface area contributed by atoms with Crippen LogP contribution in [0.25, 0.3) is 0 Å². The van der Waals surface area contributed by atoms with Crippen LogP contribution < -0.4 is 5.73 Å². The predicted molar refractivity (Wildman–Crippen MR) is 62.5 cm³/mol. The van der Waals surface area contributed by atoms with Gasteiger partial charge < -0.3 is 10.8 Å². The maximum Gasteiger partial charge on any atom is 0.123 e. The predicted octanol–water partition coefficient (Wildman–Crippen LogP) is 3.30. The van der Waals surface area contributed by atoms with Gasteiger partial charge in [0, 0.05) is 16.1 Å². The Kier molecular flexibility index (Phi) is 3.56. The molecule has 78 valence electrons. The third kappa shape index (κ3) is 2.28. The topological polar surface area (TPSA) is 46.2 Å². The highest BCUT2D eigenvalue weighted by Crippen LogP contribution is 2.34. The standard InChI is InChI=1S/C11H16BrNO/c1-6(2)9-4-8(12)5-10(7(3)13)11(9)14/h4-7,14H,13H2,1-3H3. The lowest BCUT2D eigenvalue weighted by atomic mass is 9.97. The lowest BCUT2D eigenvalue weighted by Gasteiger charge is -2.15. The van der Waals surface area contributed by atoms with E-state index >= 15 is 0 Å². The molecule has 14 heavy (non-hydrogen) atoms. The number of phenols is 1. The minimum atomic E-state index is -0.148. The largest absolute Gasteiger partial charge is 0.507 e. The van der Waals surface area contributed by atoms with E-state index in [4.69, 9.17) is 5.73 Å². The average Bonchev–Trinajstić information content (AvgIpc) is 2.07. The maximum absolute atomic E-state index is 9.95. The Morgan fingerprint density at radius 1 is 1.21 bits per heavy atom. The molecule has 1 rings (SSSR count). The lowest BCUT2D eigenvalue weighted by Crippen LogP contribution is -2.06. The lowest BCUT2D eigenvalue weighted by molar-refractivity contribution is 0.453. The molecule has 1 aromatic carbocycles. The molecule has 0 aliphatic heterocycles. The number of hydrogen-bond donors (Lipinski definition) is 2. The molecular weight excluding hydrogens is 242 g/mol. The summed E-state index contributed by atoms with van der Waals surface area (Å²) in [6.45, 7) is 5.96. The molecule has 0 aromatic heterocycles. The number of phenolic OH excluding ortho intramolecular Hbond substituents is 1. The number of nitrogens with two attached hydrogens (primary N) is 1. The maximum atomic E-state index is 9.95. The van der Waals surface area contributed by atoms with Gasteiger partial charge in [0.1, 0.15) is 5.75 Å². The van der Waals surface area contributed by atoms with Gasteiger partial charge in [0.15, 0.2) is 0 Å². The van der Waals surface area contributed by atoms with Crippen LogP contribution in [-0.2, 0) is 0 Å². The van der Waals surface area contributed by atoms with Gasteiger partial charge in [0.25, 0.3) is 0 Å². The molecule has 1 unspecified atom stereocenters. The van der Waals surface area contributed by atoms with Crippen molar-refractivity contribution < 1.29 is 5.11 Å². The number of hydrogen-bond acceptors (Lipinski definition) is 2. The van der Waals surface area contributed by atoms with Crippen molar-refractivity contribution in [1.82, 2.24) is 0 Å². The molecule has 0 heterocycles. The molecule has 3 heteroatoms. The highest BCUT2D eigenvalue weighted by Gasteiger charge is 2.14. The molecule has 0 aliphatic carbocycles. The van der Waals surface area contributed by atoms with Gasteiger partial charge in [0.2, 0.25) is 0 Å². The highest BCUT2D eigenvalue weighted by molar-refractivity contribution is 9.10. The summed E-state index contributed by atoms with van der Waals surface area (Å²) >= 11 is 3.42. The van der Waals surface area contributed by atoms with Gasteiger partial charge in [-0.25, -0.2) is 0 Å². The zero-order valence-electron chi connectivity index (χ0n) is 8.71. The van der Waals surface area contributed by atoms with Gasteiger partial charge in [0.05, 0.1) is 0 Å². The van der Waals surface area contributed by atoms with Crippen LogP contribution in [0.2, 0.25) is 0 Å². The van der Waals surface area contributed by atoms with Crippen LogP contribution in [-0.4, -0.2) is 5.11 Å². The molecule has 3 N–H and O–H groups in total. The van der Waals surface area contributed by atoms with Crippen molar-refractivity contribution in [3.8, 4) is 5.75 Å². The van der Waals surface area contributed by atoms with E-state index in [9.17, 15) is 5.11 Å². The zero-order chi connectivity index (χ0) is 10.9. The van der Waals surface area contributed by atoms with Crippen molar-refractivity contribution in [1.29, 1.82) is 0 Å².